The SMILES string of the molecule is CCN(CC)S(=O)(=O)c1ccc(C)c(C(=O)N2CCOC[C@H]2c2c(C)nn(C)c2C)c1. The molecule has 0 spiro atoms. The molecule has 1 aromatic carbocycles. The molecule has 1 atom stereocenters. The smallest absolute Gasteiger partial charge is 0.254 e. The molecule has 1 amide bonds. The number of carbonyl (C=O) groups excluding carboxylic acids is 1. The predicted molar refractivity (Wildman–Crippen MR) is 119 cm³/mol. The lowest BCUT2D eigenvalue weighted by Crippen LogP contribution is -2.44. The van der Waals surface area contributed by atoms with Crippen LogP contribution in [-0.4, -0.2) is 66.2 Å². The van der Waals surface area contributed by atoms with Crippen LogP contribution in [0.1, 0.15) is 52.8 Å². The van der Waals surface area contributed by atoms with Crippen LogP contribution in [0.3, 0.4) is 0 Å². The highest BCUT2D eigenvalue weighted by molar-refractivity contribution is 7.89. The number of rotatable bonds is 6. The topological polar surface area (TPSA) is 84.7 Å². The number of morpholine rings is 1. The second-order valence-corrected chi connectivity index (χ2v) is 9.80. The molecule has 0 N–H and O–H groups in total. The van der Waals surface area contributed by atoms with Crippen molar-refractivity contribution in [1.29, 1.82) is 0 Å². The van der Waals surface area contributed by atoms with Crippen molar-refractivity contribution < 1.29 is 17.9 Å². The molecule has 0 unspecified atom stereocenters. The van der Waals surface area contributed by atoms with E-state index in [-0.39, 0.29) is 16.8 Å². The number of carbonyl (C=O) groups is 1. The van der Waals surface area contributed by atoms with Gasteiger partial charge in [-0.25, -0.2) is 8.42 Å². The van der Waals surface area contributed by atoms with E-state index in [0.717, 1.165) is 22.5 Å². The molecule has 2 heterocycles. The van der Waals surface area contributed by atoms with Crippen LogP contribution in [0, 0.1) is 20.8 Å². The van der Waals surface area contributed by atoms with Crippen LogP contribution < -0.4 is 0 Å². The van der Waals surface area contributed by atoms with Gasteiger partial charge in [-0.2, -0.15) is 9.40 Å². The van der Waals surface area contributed by atoms with E-state index in [2.05, 4.69) is 5.10 Å². The molecule has 170 valence electrons. The lowest BCUT2D eigenvalue weighted by Gasteiger charge is -2.36. The Morgan fingerprint density at radius 2 is 1.90 bits per heavy atom. The first-order valence-electron chi connectivity index (χ1n) is 10.6. The van der Waals surface area contributed by atoms with Crippen molar-refractivity contribution in [2.24, 2.45) is 7.05 Å². The van der Waals surface area contributed by atoms with Gasteiger partial charge in [0.2, 0.25) is 10.0 Å². The monoisotopic (exact) mass is 448 g/mol. The maximum absolute atomic E-state index is 13.7. The normalized spacial score (nSPS) is 17.4. The molecule has 0 saturated carbocycles. The Morgan fingerprint density at radius 1 is 1.23 bits per heavy atom. The van der Waals surface area contributed by atoms with E-state index < -0.39 is 10.0 Å². The largest absolute Gasteiger partial charge is 0.377 e. The average Bonchev–Trinajstić information content (AvgIpc) is 2.99. The summed E-state index contributed by atoms with van der Waals surface area (Å²) in [6.45, 7) is 11.4. The van der Waals surface area contributed by atoms with E-state index in [0.29, 0.717) is 38.4 Å². The summed E-state index contributed by atoms with van der Waals surface area (Å²) in [5.41, 5.74) is 3.98. The van der Waals surface area contributed by atoms with Gasteiger partial charge in [-0.05, 0) is 38.5 Å². The van der Waals surface area contributed by atoms with Crippen molar-refractivity contribution in [1.82, 2.24) is 19.0 Å². The second kappa shape index (κ2) is 9.10. The number of sulfonamides is 1. The third-order valence-corrected chi connectivity index (χ3v) is 8.12. The highest BCUT2D eigenvalue weighted by atomic mass is 32.2. The van der Waals surface area contributed by atoms with Crippen LogP contribution in [0.15, 0.2) is 23.1 Å². The first-order valence-corrected chi connectivity index (χ1v) is 12.1. The molecule has 1 aliphatic heterocycles. The molecule has 1 saturated heterocycles. The van der Waals surface area contributed by atoms with Gasteiger partial charge in [0, 0.05) is 43.5 Å². The molecule has 31 heavy (non-hydrogen) atoms. The zero-order valence-electron chi connectivity index (χ0n) is 19.2. The summed E-state index contributed by atoms with van der Waals surface area (Å²) in [4.78, 5) is 15.6. The third kappa shape index (κ3) is 4.26. The summed E-state index contributed by atoms with van der Waals surface area (Å²) in [5.74, 6) is -0.190. The molecule has 0 bridgehead atoms. The highest BCUT2D eigenvalue weighted by Gasteiger charge is 2.34. The number of benzene rings is 1. The second-order valence-electron chi connectivity index (χ2n) is 7.86. The van der Waals surface area contributed by atoms with E-state index >= 15 is 0 Å². The number of nitrogens with zero attached hydrogens (tertiary/aromatic N) is 4. The zero-order valence-corrected chi connectivity index (χ0v) is 20.0. The maximum Gasteiger partial charge on any atom is 0.254 e. The number of aryl methyl sites for hydroxylation is 3. The van der Waals surface area contributed by atoms with Gasteiger partial charge in [-0.15, -0.1) is 0 Å². The molecule has 2 aromatic rings. The quantitative estimate of drug-likeness (QED) is 0.678. The molecule has 3 rings (SSSR count). The van der Waals surface area contributed by atoms with Gasteiger partial charge < -0.3 is 9.64 Å². The molecule has 0 radical (unpaired) electrons. The number of amides is 1. The van der Waals surface area contributed by atoms with Gasteiger partial charge in [-0.1, -0.05) is 19.9 Å². The average molecular weight is 449 g/mol. The fourth-order valence-electron chi connectivity index (χ4n) is 4.22. The van der Waals surface area contributed by atoms with Gasteiger partial charge >= 0.3 is 0 Å². The van der Waals surface area contributed by atoms with E-state index in [1.165, 1.54) is 10.4 Å². The Kier molecular flexibility index (Phi) is 6.88. The molecule has 0 aliphatic carbocycles. The van der Waals surface area contributed by atoms with Crippen LogP contribution in [-0.2, 0) is 21.8 Å². The summed E-state index contributed by atoms with van der Waals surface area (Å²) in [6, 6.07) is 4.53. The van der Waals surface area contributed by atoms with E-state index in [1.807, 2.05) is 32.5 Å². The van der Waals surface area contributed by atoms with Gasteiger partial charge in [-0.3, -0.25) is 9.48 Å². The standard InChI is InChI=1S/C22H32N4O4S/c1-7-25(8-2)31(28,29)18-10-9-15(3)19(13-18)22(27)26-11-12-30-14-20(26)21-16(4)23-24(6)17(21)5/h9-10,13,20H,7-8,11-12,14H2,1-6H3/t20-/m0/s1. The van der Waals surface area contributed by atoms with Crippen LogP contribution >= 0.6 is 0 Å². The summed E-state index contributed by atoms with van der Waals surface area (Å²) >= 11 is 0. The van der Waals surface area contributed by atoms with Crippen LogP contribution in [0.25, 0.3) is 0 Å². The summed E-state index contributed by atoms with van der Waals surface area (Å²) in [7, 11) is -1.77. The Balaban J connectivity index is 2.03. The molecule has 1 fully saturated rings. The molecule has 8 nitrogen and oxygen atoms in total. The molecular formula is C22H32N4O4S. The van der Waals surface area contributed by atoms with Crippen LogP contribution in [0.4, 0.5) is 0 Å². The van der Waals surface area contributed by atoms with E-state index in [4.69, 9.17) is 4.74 Å². The fourth-order valence-corrected chi connectivity index (χ4v) is 5.70. The Hall–Kier alpha value is -2.23. The first-order chi connectivity index (χ1) is 14.6. The lowest BCUT2D eigenvalue weighted by molar-refractivity contribution is -0.00310. The Labute approximate surface area is 184 Å². The fraction of sp³-hybridized carbons (Fsp3) is 0.545. The van der Waals surface area contributed by atoms with Gasteiger partial charge in [0.05, 0.1) is 29.8 Å². The minimum absolute atomic E-state index is 0.142. The minimum Gasteiger partial charge on any atom is -0.377 e. The molecule has 1 aliphatic rings. The highest BCUT2D eigenvalue weighted by Crippen LogP contribution is 2.31. The van der Waals surface area contributed by atoms with E-state index in [9.17, 15) is 13.2 Å². The van der Waals surface area contributed by atoms with Crippen molar-refractivity contribution >= 4 is 15.9 Å². The maximum atomic E-state index is 13.7. The van der Waals surface area contributed by atoms with Gasteiger partial charge in [0.25, 0.3) is 5.91 Å². The van der Waals surface area contributed by atoms with Gasteiger partial charge in [0.15, 0.2) is 0 Å². The summed E-state index contributed by atoms with van der Waals surface area (Å²) in [5, 5.41) is 4.49. The first kappa shape index (κ1) is 23.4. The van der Waals surface area contributed by atoms with Crippen molar-refractivity contribution in [2.75, 3.05) is 32.8 Å². The molecule has 1 aromatic heterocycles. The molecule has 9 heteroatoms. The predicted octanol–water partition coefficient (Wildman–Crippen LogP) is 2.59. The Bertz CT molecular complexity index is 1070. The third-order valence-electron chi connectivity index (χ3n) is 6.07. The van der Waals surface area contributed by atoms with Crippen molar-refractivity contribution in [3.8, 4) is 0 Å². The number of ether oxygens (including phenoxy) is 1. The Morgan fingerprint density at radius 3 is 2.48 bits per heavy atom. The van der Waals surface area contributed by atoms with Crippen LogP contribution in [0.2, 0.25) is 0 Å². The number of hydrogen-bond acceptors (Lipinski definition) is 5. The van der Waals surface area contributed by atoms with E-state index in [1.54, 1.807) is 30.9 Å². The number of hydrogen-bond donors (Lipinski definition) is 0. The van der Waals surface area contributed by atoms with Gasteiger partial charge in [0.1, 0.15) is 0 Å². The van der Waals surface area contributed by atoms with Crippen molar-refractivity contribution in [3.63, 3.8) is 0 Å². The van der Waals surface area contributed by atoms with Crippen LogP contribution in [0.5, 0.6) is 0 Å². The minimum atomic E-state index is -3.66. The summed E-state index contributed by atoms with van der Waals surface area (Å²) < 4.78 is 34.9. The lowest BCUT2D eigenvalue weighted by atomic mass is 10.0. The summed E-state index contributed by atoms with van der Waals surface area (Å²) in [6.07, 6.45) is 0. The molecular weight excluding hydrogens is 416 g/mol. The zero-order chi connectivity index (χ0) is 22.9. The number of aromatic nitrogens is 2. The van der Waals surface area contributed by atoms with Crippen molar-refractivity contribution in [3.05, 3.63) is 46.3 Å². The van der Waals surface area contributed by atoms with Crippen molar-refractivity contribution in [2.45, 2.75) is 45.6 Å².